The molecule has 0 radical (unpaired) electrons. The zero-order valence-electron chi connectivity index (χ0n) is 14.6. The van der Waals surface area contributed by atoms with E-state index in [9.17, 15) is 15.3 Å². The van der Waals surface area contributed by atoms with Gasteiger partial charge in [0, 0.05) is 17.3 Å². The summed E-state index contributed by atoms with van der Waals surface area (Å²) >= 11 is 11.7. The summed E-state index contributed by atoms with van der Waals surface area (Å²) in [4.78, 5) is 12.7. The minimum atomic E-state index is -1.31. The lowest BCUT2D eigenvalue weighted by molar-refractivity contribution is -0.0849. The number of alkyl halides is 1. The number of aliphatic hydroxyl groups excluding tert-OH is 3. The summed E-state index contributed by atoms with van der Waals surface area (Å²) < 4.78 is 7.36. The highest BCUT2D eigenvalue weighted by Crippen LogP contribution is 2.37. The smallest absolute Gasteiger partial charge is 0.165 e. The lowest BCUT2D eigenvalue weighted by atomic mass is 9.99. The van der Waals surface area contributed by atoms with Gasteiger partial charge in [0.15, 0.2) is 11.9 Å². The molecule has 10 heteroatoms. The molecular formula is C18H18Cl2N4O4. The highest BCUT2D eigenvalue weighted by atomic mass is 35.5. The van der Waals surface area contributed by atoms with Gasteiger partial charge in [-0.15, -0.1) is 11.6 Å². The van der Waals surface area contributed by atoms with Gasteiger partial charge in [0.05, 0.1) is 12.0 Å². The van der Waals surface area contributed by atoms with Gasteiger partial charge < -0.3 is 20.1 Å². The summed E-state index contributed by atoms with van der Waals surface area (Å²) in [6.45, 7) is 0. The maximum absolute atomic E-state index is 10.6. The van der Waals surface area contributed by atoms with Crippen LogP contribution in [0.4, 0.5) is 0 Å². The maximum atomic E-state index is 10.6. The van der Waals surface area contributed by atoms with Crippen molar-refractivity contribution in [2.24, 2.45) is 0 Å². The van der Waals surface area contributed by atoms with Crippen LogP contribution >= 0.6 is 23.2 Å². The van der Waals surface area contributed by atoms with Gasteiger partial charge in [-0.25, -0.2) is 15.0 Å². The third-order valence-electron chi connectivity index (χ3n) is 4.84. The summed E-state index contributed by atoms with van der Waals surface area (Å²) in [5, 5.41) is 32.2. The van der Waals surface area contributed by atoms with Crippen LogP contribution < -0.4 is 0 Å². The van der Waals surface area contributed by atoms with E-state index in [1.807, 2.05) is 0 Å². The average molecular weight is 425 g/mol. The van der Waals surface area contributed by atoms with Gasteiger partial charge in [0.2, 0.25) is 0 Å². The van der Waals surface area contributed by atoms with E-state index in [1.165, 1.54) is 17.2 Å². The fourth-order valence-corrected chi connectivity index (χ4v) is 3.69. The molecule has 0 unspecified atom stereocenters. The number of fused-ring (bicyclic) bond motifs is 1. The molecule has 3 aromatic rings. The SMILES string of the molecule is O[C@@H]1[C@H](O)[C@@H]([C@H](O)c2ccc(Cl)cc2)O[C@H]1n1cnc2c(CCCl)ncnc21. The minimum Gasteiger partial charge on any atom is -0.387 e. The van der Waals surface area contributed by atoms with Crippen LogP contribution in [0.15, 0.2) is 36.9 Å². The summed E-state index contributed by atoms with van der Waals surface area (Å²) in [5.41, 5.74) is 2.20. The van der Waals surface area contributed by atoms with Crippen molar-refractivity contribution in [2.75, 3.05) is 5.88 Å². The molecular weight excluding hydrogens is 407 g/mol. The molecule has 0 bridgehead atoms. The predicted molar refractivity (Wildman–Crippen MR) is 102 cm³/mol. The van der Waals surface area contributed by atoms with Crippen LogP contribution in [-0.2, 0) is 11.2 Å². The van der Waals surface area contributed by atoms with E-state index in [0.29, 0.717) is 39.7 Å². The second kappa shape index (κ2) is 7.90. The Balaban J connectivity index is 1.64. The second-order valence-corrected chi connectivity index (χ2v) is 7.37. The quantitative estimate of drug-likeness (QED) is 0.533. The molecule has 0 amide bonds. The Kier molecular flexibility index (Phi) is 5.50. The highest BCUT2D eigenvalue weighted by Gasteiger charge is 2.47. The Labute approximate surface area is 170 Å². The molecule has 2 aromatic heterocycles. The van der Waals surface area contributed by atoms with E-state index in [1.54, 1.807) is 24.3 Å². The van der Waals surface area contributed by atoms with E-state index in [-0.39, 0.29) is 0 Å². The zero-order chi connectivity index (χ0) is 19.8. The van der Waals surface area contributed by atoms with Crippen LogP contribution in [0.1, 0.15) is 23.6 Å². The fourth-order valence-electron chi connectivity index (χ4n) is 3.39. The van der Waals surface area contributed by atoms with Crippen LogP contribution in [-0.4, -0.2) is 59.0 Å². The number of rotatable bonds is 5. The molecule has 3 N–H and O–H groups in total. The molecule has 4 rings (SSSR count). The van der Waals surface area contributed by atoms with Crippen LogP contribution in [0.5, 0.6) is 0 Å². The number of imidazole rings is 1. The standard InChI is InChI=1S/C18H18Cl2N4O4/c19-6-5-11-12-17(22-7-21-11)24(8-23-12)18-15(27)14(26)16(28-18)13(25)9-1-3-10(20)4-2-9/h1-4,7-8,13-16,18,25-27H,5-6H2/t13-,14+,15-,16-,18-/m1/s1. The number of aliphatic hydroxyl groups is 3. The number of hydrogen-bond acceptors (Lipinski definition) is 7. The van der Waals surface area contributed by atoms with Crippen molar-refractivity contribution >= 4 is 34.4 Å². The molecule has 1 aliphatic rings. The molecule has 1 saturated heterocycles. The molecule has 148 valence electrons. The molecule has 5 atom stereocenters. The number of halogens is 2. The van der Waals surface area contributed by atoms with E-state index in [4.69, 9.17) is 27.9 Å². The first-order valence-corrected chi connectivity index (χ1v) is 9.60. The third kappa shape index (κ3) is 3.36. The molecule has 1 aliphatic heterocycles. The van der Waals surface area contributed by atoms with Gasteiger partial charge in [0.25, 0.3) is 0 Å². The molecule has 3 heterocycles. The minimum absolute atomic E-state index is 0.385. The summed E-state index contributed by atoms with van der Waals surface area (Å²) in [6, 6.07) is 6.55. The number of ether oxygens (including phenoxy) is 1. The number of aryl methyl sites for hydroxylation is 1. The number of hydrogen-bond donors (Lipinski definition) is 3. The number of aromatic nitrogens is 4. The average Bonchev–Trinajstić information content (AvgIpc) is 3.25. The van der Waals surface area contributed by atoms with Gasteiger partial charge in [-0.2, -0.15) is 0 Å². The zero-order valence-corrected chi connectivity index (χ0v) is 16.1. The molecule has 1 fully saturated rings. The second-order valence-electron chi connectivity index (χ2n) is 6.55. The van der Waals surface area contributed by atoms with E-state index >= 15 is 0 Å². The Morgan fingerprint density at radius 3 is 2.57 bits per heavy atom. The van der Waals surface area contributed by atoms with Crippen molar-refractivity contribution in [1.82, 2.24) is 19.5 Å². The monoisotopic (exact) mass is 424 g/mol. The van der Waals surface area contributed by atoms with Crippen molar-refractivity contribution in [3.05, 3.63) is 53.2 Å². The highest BCUT2D eigenvalue weighted by molar-refractivity contribution is 6.30. The number of nitrogens with zero attached hydrogens (tertiary/aromatic N) is 4. The van der Waals surface area contributed by atoms with Crippen molar-refractivity contribution in [2.45, 2.75) is 37.1 Å². The van der Waals surface area contributed by atoms with Gasteiger partial charge in [-0.1, -0.05) is 23.7 Å². The molecule has 0 spiro atoms. The molecule has 0 saturated carbocycles. The van der Waals surface area contributed by atoms with Crippen LogP contribution in [0.3, 0.4) is 0 Å². The topological polar surface area (TPSA) is 114 Å². The predicted octanol–water partition coefficient (Wildman–Crippen LogP) is 1.61. The maximum Gasteiger partial charge on any atom is 0.165 e. The first-order valence-electron chi connectivity index (χ1n) is 8.68. The fraction of sp³-hybridized carbons (Fsp3) is 0.389. The van der Waals surface area contributed by atoms with Crippen molar-refractivity contribution in [1.29, 1.82) is 0 Å². The Bertz CT molecular complexity index is 968. The number of benzene rings is 1. The van der Waals surface area contributed by atoms with Crippen LogP contribution in [0, 0.1) is 0 Å². The van der Waals surface area contributed by atoms with Gasteiger partial charge >= 0.3 is 0 Å². The van der Waals surface area contributed by atoms with Crippen LogP contribution in [0.25, 0.3) is 11.2 Å². The first-order chi connectivity index (χ1) is 13.5. The Morgan fingerprint density at radius 1 is 1.11 bits per heavy atom. The Morgan fingerprint density at radius 2 is 1.86 bits per heavy atom. The molecule has 8 nitrogen and oxygen atoms in total. The van der Waals surface area contributed by atoms with Crippen LogP contribution in [0.2, 0.25) is 5.02 Å². The van der Waals surface area contributed by atoms with Crippen molar-refractivity contribution in [3.8, 4) is 0 Å². The molecule has 0 aliphatic carbocycles. The Hall–Kier alpha value is -1.81. The summed E-state index contributed by atoms with van der Waals surface area (Å²) in [5.74, 6) is 0.385. The van der Waals surface area contributed by atoms with E-state index < -0.39 is 30.6 Å². The summed E-state index contributed by atoms with van der Waals surface area (Å²) in [7, 11) is 0. The van der Waals surface area contributed by atoms with Crippen molar-refractivity contribution < 1.29 is 20.1 Å². The summed E-state index contributed by atoms with van der Waals surface area (Å²) in [6.07, 6.45) is -2.37. The normalized spacial score (nSPS) is 26.0. The third-order valence-corrected chi connectivity index (χ3v) is 5.28. The van der Waals surface area contributed by atoms with Gasteiger partial charge in [0.1, 0.15) is 36.3 Å². The molecule has 1 aromatic carbocycles. The lowest BCUT2D eigenvalue weighted by Crippen LogP contribution is -2.34. The van der Waals surface area contributed by atoms with E-state index in [2.05, 4.69) is 15.0 Å². The van der Waals surface area contributed by atoms with Gasteiger partial charge in [-0.3, -0.25) is 4.57 Å². The lowest BCUT2D eigenvalue weighted by Gasteiger charge is -2.21. The van der Waals surface area contributed by atoms with Gasteiger partial charge in [-0.05, 0) is 17.7 Å². The largest absolute Gasteiger partial charge is 0.387 e. The first kappa shape index (κ1) is 19.5. The van der Waals surface area contributed by atoms with E-state index in [0.717, 1.165) is 0 Å². The van der Waals surface area contributed by atoms with Crippen molar-refractivity contribution in [3.63, 3.8) is 0 Å². The molecule has 28 heavy (non-hydrogen) atoms.